The Labute approximate surface area is 175 Å². The van der Waals surface area contributed by atoms with Gasteiger partial charge in [0.05, 0.1) is 6.42 Å². The third kappa shape index (κ3) is 3.92. The van der Waals surface area contributed by atoms with E-state index in [1.807, 2.05) is 35.4 Å². The molecule has 2 N–H and O–H groups in total. The Balaban J connectivity index is 1.50. The second-order valence-electron chi connectivity index (χ2n) is 7.74. The molecule has 7 heteroatoms. The number of hydrogen-bond donors (Lipinski definition) is 2. The van der Waals surface area contributed by atoms with Crippen molar-refractivity contribution in [1.29, 1.82) is 0 Å². The van der Waals surface area contributed by atoms with Gasteiger partial charge in [-0.15, -0.1) is 6.58 Å². The van der Waals surface area contributed by atoms with Crippen molar-refractivity contribution in [2.24, 2.45) is 0 Å². The highest BCUT2D eigenvalue weighted by Gasteiger charge is 2.46. The number of hydrogen-bond acceptors (Lipinski definition) is 3. The highest BCUT2D eigenvalue weighted by molar-refractivity contribution is 7.80. The second kappa shape index (κ2) is 8.37. The Morgan fingerprint density at radius 2 is 2.10 bits per heavy atom. The lowest BCUT2D eigenvalue weighted by Crippen LogP contribution is -2.43. The molecule has 29 heavy (non-hydrogen) atoms. The summed E-state index contributed by atoms with van der Waals surface area (Å²) in [6.45, 7) is 4.26. The zero-order valence-electron chi connectivity index (χ0n) is 16.4. The number of nitrogens with one attached hydrogen (secondary N) is 2. The molecule has 2 aromatic rings. The first-order valence-electron chi connectivity index (χ1n) is 10.2. The molecule has 1 unspecified atom stereocenters. The smallest absolute Gasteiger partial charge is 0.252 e. The molecule has 1 atom stereocenters. The Kier molecular flexibility index (Phi) is 5.67. The van der Waals surface area contributed by atoms with Crippen molar-refractivity contribution in [3.63, 3.8) is 0 Å². The number of rotatable bonds is 7. The van der Waals surface area contributed by atoms with E-state index in [1.54, 1.807) is 11.0 Å². The molecule has 0 spiro atoms. The number of anilines is 1. The Bertz CT molecular complexity index is 947. The summed E-state index contributed by atoms with van der Waals surface area (Å²) in [6.07, 6.45) is 8.74. The topological polar surface area (TPSA) is 68.4 Å². The van der Waals surface area contributed by atoms with Gasteiger partial charge >= 0.3 is 0 Å². The fourth-order valence-corrected chi connectivity index (χ4v) is 4.84. The van der Waals surface area contributed by atoms with Crippen LogP contribution in [0, 0.1) is 0 Å². The summed E-state index contributed by atoms with van der Waals surface area (Å²) in [4.78, 5) is 32.7. The van der Waals surface area contributed by atoms with E-state index in [0.29, 0.717) is 23.8 Å². The first-order chi connectivity index (χ1) is 14.1. The lowest BCUT2D eigenvalue weighted by molar-refractivity contribution is -0.131. The van der Waals surface area contributed by atoms with Crippen LogP contribution in [-0.4, -0.2) is 50.3 Å². The number of fused-ring (bicyclic) bond motifs is 1. The molecule has 2 fully saturated rings. The van der Waals surface area contributed by atoms with Gasteiger partial charge in [-0.05, 0) is 55.1 Å². The first-order valence-corrected chi connectivity index (χ1v) is 10.6. The van der Waals surface area contributed by atoms with Crippen LogP contribution in [-0.2, 0) is 9.59 Å². The molecule has 0 radical (unpaired) electrons. The molecule has 1 aromatic heterocycles. The quantitative estimate of drug-likeness (QED) is 0.538. The summed E-state index contributed by atoms with van der Waals surface area (Å²) >= 11 is 5.65. The molecule has 1 saturated carbocycles. The molecule has 2 amide bonds. The maximum Gasteiger partial charge on any atom is 0.252 e. The highest BCUT2D eigenvalue weighted by Crippen LogP contribution is 2.32. The Morgan fingerprint density at radius 1 is 1.31 bits per heavy atom. The molecule has 1 aliphatic heterocycles. The first kappa shape index (κ1) is 19.6. The number of nitrogens with zero attached hydrogens (tertiary/aromatic N) is 2. The summed E-state index contributed by atoms with van der Waals surface area (Å²) in [5, 5.41) is 4.59. The molecule has 152 valence electrons. The van der Waals surface area contributed by atoms with Gasteiger partial charge in [-0.2, -0.15) is 0 Å². The minimum absolute atomic E-state index is 0.0706. The van der Waals surface area contributed by atoms with E-state index in [1.165, 1.54) is 0 Å². The van der Waals surface area contributed by atoms with Gasteiger partial charge in [0.2, 0.25) is 5.91 Å². The van der Waals surface area contributed by atoms with E-state index in [-0.39, 0.29) is 24.3 Å². The van der Waals surface area contributed by atoms with E-state index in [2.05, 4.69) is 16.9 Å². The van der Waals surface area contributed by atoms with E-state index in [4.69, 9.17) is 12.2 Å². The number of carbonyl (C=O) groups is 2. The third-order valence-corrected chi connectivity index (χ3v) is 6.26. The number of thiocarbonyl (C=S) groups is 1. The van der Waals surface area contributed by atoms with Crippen LogP contribution in [0.3, 0.4) is 0 Å². The number of aromatic amines is 1. The molecule has 1 aromatic carbocycles. The van der Waals surface area contributed by atoms with Crippen LogP contribution < -0.4 is 5.32 Å². The zero-order valence-corrected chi connectivity index (χ0v) is 17.2. The van der Waals surface area contributed by atoms with Crippen LogP contribution in [0.15, 0.2) is 43.1 Å². The van der Waals surface area contributed by atoms with Crippen molar-refractivity contribution in [3.05, 3.63) is 43.1 Å². The van der Waals surface area contributed by atoms with Crippen molar-refractivity contribution in [2.75, 3.05) is 11.9 Å². The average Bonchev–Trinajstić information content (AvgIpc) is 3.42. The predicted octanol–water partition coefficient (Wildman–Crippen LogP) is 3.81. The summed E-state index contributed by atoms with van der Waals surface area (Å²) in [6, 6.07) is 7.44. The lowest BCUT2D eigenvalue weighted by atomic mass is 10.1. The normalized spacial score (nSPS) is 20.1. The van der Waals surface area contributed by atoms with Crippen LogP contribution >= 0.6 is 12.2 Å². The minimum Gasteiger partial charge on any atom is -0.361 e. The number of amides is 2. The Morgan fingerprint density at radius 3 is 2.86 bits per heavy atom. The van der Waals surface area contributed by atoms with Crippen molar-refractivity contribution in [1.82, 2.24) is 14.8 Å². The summed E-state index contributed by atoms with van der Waals surface area (Å²) < 4.78 is 0. The number of H-pyrrole nitrogens is 1. The average molecular weight is 411 g/mol. The highest BCUT2D eigenvalue weighted by atomic mass is 32.1. The molecule has 1 saturated heterocycles. The van der Waals surface area contributed by atoms with Crippen LogP contribution in [0.2, 0.25) is 0 Å². The fraction of sp³-hybridized carbons (Fsp3) is 0.409. The SMILES string of the molecule is C=CCCN1C(=O)C(CC(=O)Nc2ccc3cc[nH]c3c2)N(C2CCCC2)C1=S. The largest absolute Gasteiger partial charge is 0.361 e. The van der Waals surface area contributed by atoms with Gasteiger partial charge in [-0.25, -0.2) is 0 Å². The molecular weight excluding hydrogens is 384 g/mol. The standard InChI is InChI=1S/C22H26N4O2S/c1-2-3-12-25-21(28)19(26(22(25)29)17-6-4-5-7-17)14-20(27)24-16-9-8-15-10-11-23-18(15)13-16/h2,8-11,13,17,19,23H,1,3-7,12,14H2,(H,24,27). The van der Waals surface area contributed by atoms with Crippen molar-refractivity contribution in [3.8, 4) is 0 Å². The fourth-order valence-electron chi connectivity index (χ4n) is 4.38. The van der Waals surface area contributed by atoms with Gasteiger partial charge in [0.15, 0.2) is 5.11 Å². The van der Waals surface area contributed by atoms with Crippen molar-refractivity contribution < 1.29 is 9.59 Å². The van der Waals surface area contributed by atoms with E-state index in [9.17, 15) is 9.59 Å². The summed E-state index contributed by atoms with van der Waals surface area (Å²) in [5.74, 6) is -0.246. The molecule has 4 rings (SSSR count). The molecule has 0 bridgehead atoms. The third-order valence-electron chi connectivity index (χ3n) is 5.83. The molecule has 2 heterocycles. The maximum absolute atomic E-state index is 13.1. The molecule has 6 nitrogen and oxygen atoms in total. The van der Waals surface area contributed by atoms with Gasteiger partial charge in [-0.1, -0.05) is 25.0 Å². The van der Waals surface area contributed by atoms with Crippen LogP contribution in [0.4, 0.5) is 5.69 Å². The summed E-state index contributed by atoms with van der Waals surface area (Å²) in [7, 11) is 0. The number of carbonyl (C=O) groups excluding carboxylic acids is 2. The second-order valence-corrected chi connectivity index (χ2v) is 8.11. The Hall–Kier alpha value is -2.67. The lowest BCUT2D eigenvalue weighted by Gasteiger charge is -2.30. The van der Waals surface area contributed by atoms with Gasteiger partial charge in [0, 0.05) is 30.0 Å². The number of benzene rings is 1. The maximum atomic E-state index is 13.1. The predicted molar refractivity (Wildman–Crippen MR) is 119 cm³/mol. The van der Waals surface area contributed by atoms with E-state index < -0.39 is 6.04 Å². The number of aromatic nitrogens is 1. The minimum atomic E-state index is -0.523. The van der Waals surface area contributed by atoms with Gasteiger partial charge < -0.3 is 15.2 Å². The van der Waals surface area contributed by atoms with Crippen molar-refractivity contribution in [2.45, 2.75) is 50.6 Å². The molecular formula is C22H26N4O2S. The van der Waals surface area contributed by atoms with Gasteiger partial charge in [-0.3, -0.25) is 14.5 Å². The monoisotopic (exact) mass is 410 g/mol. The van der Waals surface area contributed by atoms with Gasteiger partial charge in [0.1, 0.15) is 6.04 Å². The summed E-state index contributed by atoms with van der Waals surface area (Å²) in [5.41, 5.74) is 1.68. The molecule has 1 aliphatic carbocycles. The van der Waals surface area contributed by atoms with Crippen LogP contribution in [0.25, 0.3) is 10.9 Å². The van der Waals surface area contributed by atoms with E-state index in [0.717, 1.165) is 36.6 Å². The van der Waals surface area contributed by atoms with Crippen molar-refractivity contribution >= 4 is 45.7 Å². The van der Waals surface area contributed by atoms with Gasteiger partial charge in [0.25, 0.3) is 5.91 Å². The molecule has 2 aliphatic rings. The van der Waals surface area contributed by atoms with E-state index >= 15 is 0 Å². The van der Waals surface area contributed by atoms with Crippen LogP contribution in [0.5, 0.6) is 0 Å². The van der Waals surface area contributed by atoms with Crippen LogP contribution in [0.1, 0.15) is 38.5 Å². The zero-order chi connectivity index (χ0) is 20.4.